The van der Waals surface area contributed by atoms with Crippen LogP contribution >= 0.6 is 24.8 Å². The Labute approximate surface area is 149 Å². The summed E-state index contributed by atoms with van der Waals surface area (Å²) in [5, 5.41) is 6.64. The molecule has 0 aliphatic heterocycles. The molecule has 1 rings (SSSR count). The molecule has 1 unspecified atom stereocenters. The molecule has 22 heavy (non-hydrogen) atoms. The Hall–Kier alpha value is -0.0300. The number of halogens is 2. The molecule has 0 saturated heterocycles. The normalized spacial score (nSPS) is 17.4. The lowest BCUT2D eigenvalue weighted by Crippen LogP contribution is -2.48. The highest BCUT2D eigenvalue weighted by Gasteiger charge is 2.23. The van der Waals surface area contributed by atoms with E-state index in [0.717, 1.165) is 13.1 Å². The van der Waals surface area contributed by atoms with Gasteiger partial charge in [0.25, 0.3) is 0 Å². The van der Waals surface area contributed by atoms with Gasteiger partial charge in [-0.15, -0.1) is 24.8 Å². The van der Waals surface area contributed by atoms with Gasteiger partial charge in [-0.1, -0.05) is 39.5 Å². The van der Waals surface area contributed by atoms with E-state index in [2.05, 4.69) is 24.5 Å². The average Bonchev–Trinajstić information content (AvgIpc) is 2.62. The Morgan fingerprint density at radius 3 is 2.05 bits per heavy atom. The summed E-state index contributed by atoms with van der Waals surface area (Å²) in [7, 11) is 3.93. The van der Waals surface area contributed by atoms with Crippen molar-refractivity contribution < 1.29 is 4.79 Å². The van der Waals surface area contributed by atoms with Crippen LogP contribution in [0, 0.1) is 5.92 Å². The predicted molar refractivity (Wildman–Crippen MR) is 99.3 cm³/mol. The molecular weight excluding hydrogens is 321 g/mol. The maximum absolute atomic E-state index is 12.2. The average molecular weight is 356 g/mol. The zero-order valence-corrected chi connectivity index (χ0v) is 16.2. The Morgan fingerprint density at radius 1 is 1.05 bits per heavy atom. The van der Waals surface area contributed by atoms with Crippen LogP contribution in [0.4, 0.5) is 0 Å². The van der Waals surface area contributed by atoms with E-state index in [4.69, 9.17) is 0 Å². The number of carbonyl (C=O) groups is 1. The maximum atomic E-state index is 12.2. The minimum Gasteiger partial charge on any atom is -0.353 e. The Bertz CT molecular complexity index is 273. The van der Waals surface area contributed by atoms with Gasteiger partial charge in [0.2, 0.25) is 5.91 Å². The number of likely N-dealkylation sites (N-methyl/N-ethyl adjacent to an activating group) is 1. The summed E-state index contributed by atoms with van der Waals surface area (Å²) in [6, 6.07) is 0.622. The summed E-state index contributed by atoms with van der Waals surface area (Å²) in [6.45, 7) is 5.79. The van der Waals surface area contributed by atoms with Gasteiger partial charge in [0, 0.05) is 19.1 Å². The van der Waals surface area contributed by atoms with Crippen molar-refractivity contribution >= 4 is 30.7 Å². The molecular formula is C16H35Cl2N3O. The fourth-order valence-corrected chi connectivity index (χ4v) is 3.18. The molecule has 0 radical (unpaired) electrons. The molecule has 134 valence electrons. The Kier molecular flexibility index (Phi) is 14.8. The van der Waals surface area contributed by atoms with Gasteiger partial charge in [-0.3, -0.25) is 9.69 Å². The minimum absolute atomic E-state index is 0. The van der Waals surface area contributed by atoms with E-state index < -0.39 is 0 Å². The number of amides is 1. The number of hydrogen-bond acceptors (Lipinski definition) is 3. The molecule has 2 N–H and O–H groups in total. The molecule has 1 fully saturated rings. The topological polar surface area (TPSA) is 44.4 Å². The maximum Gasteiger partial charge on any atom is 0.237 e. The number of nitrogens with one attached hydrogen (secondary N) is 2. The SMILES string of the molecule is CC(C)C(C(=O)NCCNC1CCCCCC1)N(C)C.Cl.Cl. The summed E-state index contributed by atoms with van der Waals surface area (Å²) in [6.07, 6.45) is 8.04. The van der Waals surface area contributed by atoms with E-state index in [1.165, 1.54) is 38.5 Å². The zero-order valence-electron chi connectivity index (χ0n) is 14.6. The van der Waals surface area contributed by atoms with Gasteiger partial charge < -0.3 is 10.6 Å². The first-order valence-corrected chi connectivity index (χ1v) is 8.20. The van der Waals surface area contributed by atoms with E-state index in [0.29, 0.717) is 12.0 Å². The number of nitrogens with zero attached hydrogens (tertiary/aromatic N) is 1. The first-order valence-electron chi connectivity index (χ1n) is 8.20. The molecule has 0 aromatic heterocycles. The van der Waals surface area contributed by atoms with Gasteiger partial charge in [0.05, 0.1) is 6.04 Å². The molecule has 0 bridgehead atoms. The van der Waals surface area contributed by atoms with Gasteiger partial charge in [0.15, 0.2) is 0 Å². The van der Waals surface area contributed by atoms with Crippen molar-refractivity contribution in [2.45, 2.75) is 64.5 Å². The molecule has 6 heteroatoms. The van der Waals surface area contributed by atoms with Crippen molar-refractivity contribution in [2.24, 2.45) is 5.92 Å². The van der Waals surface area contributed by atoms with E-state index in [-0.39, 0.29) is 36.8 Å². The number of hydrogen-bond donors (Lipinski definition) is 2. The van der Waals surface area contributed by atoms with Gasteiger partial charge >= 0.3 is 0 Å². The molecule has 1 atom stereocenters. The fraction of sp³-hybridized carbons (Fsp3) is 0.938. The third-order valence-corrected chi connectivity index (χ3v) is 4.17. The molecule has 1 aliphatic rings. The van der Waals surface area contributed by atoms with Gasteiger partial charge in [-0.25, -0.2) is 0 Å². The van der Waals surface area contributed by atoms with Crippen molar-refractivity contribution in [1.29, 1.82) is 0 Å². The highest BCUT2D eigenvalue weighted by Crippen LogP contribution is 2.16. The highest BCUT2D eigenvalue weighted by atomic mass is 35.5. The standard InChI is InChI=1S/C16H33N3O.2ClH/c1-13(2)15(19(3)4)16(20)18-12-11-17-14-9-7-5-6-8-10-14;;/h13-15,17H,5-12H2,1-4H3,(H,18,20);2*1H. The molecule has 0 aromatic rings. The largest absolute Gasteiger partial charge is 0.353 e. The van der Waals surface area contributed by atoms with Crippen molar-refractivity contribution in [2.75, 3.05) is 27.2 Å². The van der Waals surface area contributed by atoms with E-state index in [1.807, 2.05) is 19.0 Å². The second-order valence-corrected chi connectivity index (χ2v) is 6.59. The lowest BCUT2D eigenvalue weighted by molar-refractivity contribution is -0.126. The minimum atomic E-state index is -0.0344. The van der Waals surface area contributed by atoms with E-state index >= 15 is 0 Å². The van der Waals surface area contributed by atoms with Crippen LogP contribution in [0.25, 0.3) is 0 Å². The second-order valence-electron chi connectivity index (χ2n) is 6.59. The lowest BCUT2D eigenvalue weighted by atomic mass is 10.0. The fourth-order valence-electron chi connectivity index (χ4n) is 3.18. The summed E-state index contributed by atoms with van der Waals surface area (Å²) < 4.78 is 0. The third-order valence-electron chi connectivity index (χ3n) is 4.17. The van der Waals surface area contributed by atoms with Crippen LogP contribution in [0.2, 0.25) is 0 Å². The van der Waals surface area contributed by atoms with Crippen LogP contribution in [0.1, 0.15) is 52.4 Å². The van der Waals surface area contributed by atoms with E-state index in [9.17, 15) is 4.79 Å². The molecule has 0 aromatic carbocycles. The van der Waals surface area contributed by atoms with Crippen LogP contribution in [0.5, 0.6) is 0 Å². The van der Waals surface area contributed by atoms with Crippen LogP contribution in [0.15, 0.2) is 0 Å². The van der Waals surface area contributed by atoms with E-state index in [1.54, 1.807) is 0 Å². The predicted octanol–water partition coefficient (Wildman–Crippen LogP) is 2.84. The monoisotopic (exact) mass is 355 g/mol. The van der Waals surface area contributed by atoms with Gasteiger partial charge in [-0.05, 0) is 32.9 Å². The number of rotatable bonds is 7. The molecule has 0 heterocycles. The van der Waals surface area contributed by atoms with Crippen molar-refractivity contribution in [3.63, 3.8) is 0 Å². The van der Waals surface area contributed by atoms with Gasteiger partial charge in [-0.2, -0.15) is 0 Å². The van der Waals surface area contributed by atoms with Crippen LogP contribution in [0.3, 0.4) is 0 Å². The van der Waals surface area contributed by atoms with Crippen LogP contribution in [-0.4, -0.2) is 50.1 Å². The molecule has 1 saturated carbocycles. The summed E-state index contributed by atoms with van der Waals surface area (Å²) in [4.78, 5) is 14.2. The van der Waals surface area contributed by atoms with Gasteiger partial charge in [0.1, 0.15) is 0 Å². The Morgan fingerprint density at radius 2 is 1.59 bits per heavy atom. The second kappa shape index (κ2) is 13.4. The first kappa shape index (κ1) is 24.2. The molecule has 1 amide bonds. The summed E-state index contributed by atoms with van der Waals surface area (Å²) in [5.41, 5.74) is 0. The van der Waals surface area contributed by atoms with Crippen LogP contribution < -0.4 is 10.6 Å². The zero-order chi connectivity index (χ0) is 15.0. The first-order chi connectivity index (χ1) is 9.52. The molecule has 1 aliphatic carbocycles. The highest BCUT2D eigenvalue weighted by molar-refractivity contribution is 5.85. The van der Waals surface area contributed by atoms with Crippen LogP contribution in [-0.2, 0) is 4.79 Å². The Balaban J connectivity index is 0. The van der Waals surface area contributed by atoms with Crippen molar-refractivity contribution in [1.82, 2.24) is 15.5 Å². The van der Waals surface area contributed by atoms with Crippen molar-refractivity contribution in [3.8, 4) is 0 Å². The third kappa shape index (κ3) is 9.19. The summed E-state index contributed by atoms with van der Waals surface area (Å²) in [5.74, 6) is 0.479. The quantitative estimate of drug-likeness (QED) is 0.545. The smallest absolute Gasteiger partial charge is 0.237 e. The molecule has 4 nitrogen and oxygen atoms in total. The number of carbonyl (C=O) groups excluding carboxylic acids is 1. The molecule has 0 spiro atoms. The lowest BCUT2D eigenvalue weighted by Gasteiger charge is -2.27. The summed E-state index contributed by atoms with van der Waals surface area (Å²) >= 11 is 0. The van der Waals surface area contributed by atoms with Crippen molar-refractivity contribution in [3.05, 3.63) is 0 Å².